The third-order valence-corrected chi connectivity index (χ3v) is 4.57. The lowest BCUT2D eigenvalue weighted by Crippen LogP contribution is -2.59. The zero-order chi connectivity index (χ0) is 17.8. The number of carboxylic acid groups (broad SMARTS) is 1. The summed E-state index contributed by atoms with van der Waals surface area (Å²) >= 11 is 0. The summed E-state index contributed by atoms with van der Waals surface area (Å²) in [5.74, 6) is 0.0218. The van der Waals surface area contributed by atoms with Crippen molar-refractivity contribution in [2.45, 2.75) is 77.8 Å². The number of quaternary nitrogens is 1. The van der Waals surface area contributed by atoms with Crippen molar-refractivity contribution < 1.29 is 14.4 Å². The molecule has 0 aliphatic carbocycles. The number of nitrogens with zero attached hydrogens (tertiary/aromatic N) is 2. The minimum Gasteiger partial charge on any atom is -0.477 e. The van der Waals surface area contributed by atoms with Gasteiger partial charge in [0.05, 0.1) is 6.20 Å². The number of aliphatic imine (C=N–C) groups is 1. The van der Waals surface area contributed by atoms with Crippen LogP contribution in [0.25, 0.3) is 0 Å². The SMILES string of the molecule is CCCCCC/C=C/CCCCC1=NC=C[N+]1(CC(=O)O)C(C)N. The first-order valence-corrected chi connectivity index (χ1v) is 9.27. The number of unbranched alkanes of at least 4 members (excludes halogenated alkanes) is 6. The van der Waals surface area contributed by atoms with Gasteiger partial charge in [0.1, 0.15) is 12.4 Å². The molecule has 24 heavy (non-hydrogen) atoms. The van der Waals surface area contributed by atoms with Gasteiger partial charge in [-0.2, -0.15) is 0 Å². The maximum atomic E-state index is 11.2. The molecule has 0 aromatic heterocycles. The fourth-order valence-electron chi connectivity index (χ4n) is 3.06. The van der Waals surface area contributed by atoms with Crippen molar-refractivity contribution in [3.8, 4) is 0 Å². The first kappa shape index (κ1) is 20.6. The molecule has 0 spiro atoms. The molecule has 0 radical (unpaired) electrons. The van der Waals surface area contributed by atoms with Crippen LogP contribution in [0.2, 0.25) is 0 Å². The van der Waals surface area contributed by atoms with Crippen LogP contribution in [-0.2, 0) is 4.79 Å². The lowest BCUT2D eigenvalue weighted by molar-refractivity contribution is -0.805. The van der Waals surface area contributed by atoms with Crippen LogP contribution >= 0.6 is 0 Å². The molecule has 0 aromatic carbocycles. The minimum atomic E-state index is -0.849. The molecule has 1 heterocycles. The van der Waals surface area contributed by atoms with Gasteiger partial charge in [-0.25, -0.2) is 14.3 Å². The van der Waals surface area contributed by atoms with Crippen molar-refractivity contribution in [1.29, 1.82) is 0 Å². The van der Waals surface area contributed by atoms with Crippen LogP contribution in [0.3, 0.4) is 0 Å². The first-order chi connectivity index (χ1) is 11.5. The van der Waals surface area contributed by atoms with Gasteiger partial charge < -0.3 is 5.11 Å². The molecule has 5 heteroatoms. The van der Waals surface area contributed by atoms with Crippen molar-refractivity contribution in [3.05, 3.63) is 24.6 Å². The molecule has 1 aliphatic rings. The van der Waals surface area contributed by atoms with Gasteiger partial charge in [0.15, 0.2) is 6.54 Å². The van der Waals surface area contributed by atoms with Gasteiger partial charge >= 0.3 is 5.97 Å². The summed E-state index contributed by atoms with van der Waals surface area (Å²) in [6.07, 6.45) is 18.1. The van der Waals surface area contributed by atoms with E-state index in [4.69, 9.17) is 5.73 Å². The van der Waals surface area contributed by atoms with Crippen LogP contribution < -0.4 is 5.73 Å². The van der Waals surface area contributed by atoms with Gasteiger partial charge in [0.2, 0.25) is 5.84 Å². The number of carbonyl (C=O) groups is 1. The lowest BCUT2D eigenvalue weighted by Gasteiger charge is -2.34. The Bertz CT molecular complexity index is 469. The van der Waals surface area contributed by atoms with E-state index in [-0.39, 0.29) is 17.2 Å². The largest absolute Gasteiger partial charge is 0.477 e. The van der Waals surface area contributed by atoms with Crippen molar-refractivity contribution in [1.82, 2.24) is 0 Å². The second kappa shape index (κ2) is 11.2. The van der Waals surface area contributed by atoms with Gasteiger partial charge in [0, 0.05) is 13.3 Å². The van der Waals surface area contributed by atoms with Crippen LogP contribution in [0.1, 0.15) is 71.6 Å². The molecule has 5 nitrogen and oxygen atoms in total. The lowest BCUT2D eigenvalue weighted by atomic mass is 10.1. The molecule has 0 saturated heterocycles. The molecule has 2 unspecified atom stereocenters. The van der Waals surface area contributed by atoms with Crippen LogP contribution in [0.5, 0.6) is 0 Å². The minimum absolute atomic E-state index is 0.0370. The number of allylic oxidation sites excluding steroid dienone is 2. The van der Waals surface area contributed by atoms with Crippen LogP contribution in [0.4, 0.5) is 0 Å². The van der Waals surface area contributed by atoms with E-state index in [1.807, 2.05) is 13.1 Å². The summed E-state index contributed by atoms with van der Waals surface area (Å²) in [4.78, 5) is 15.6. The van der Waals surface area contributed by atoms with Crippen LogP contribution in [0, 0.1) is 0 Å². The molecule has 0 aromatic rings. The molecule has 0 bridgehead atoms. The molecule has 3 N–H and O–H groups in total. The van der Waals surface area contributed by atoms with E-state index < -0.39 is 5.97 Å². The Balaban J connectivity index is 2.29. The van der Waals surface area contributed by atoms with Crippen LogP contribution in [-0.4, -0.2) is 34.1 Å². The molecule has 0 amide bonds. The summed E-state index contributed by atoms with van der Waals surface area (Å²) in [6, 6.07) is 0. The van der Waals surface area contributed by atoms with Gasteiger partial charge in [-0.1, -0.05) is 38.3 Å². The standard InChI is InChI=1S/C19H33N3O2/c1-3-4-5-6-7-8-9-10-11-12-13-18-21-14-15-22(18,17(2)20)16-19(23)24/h8-9,14-15,17H,3-7,10-13,16,20H2,1-2H3/p+1/b9-8+. The van der Waals surface area contributed by atoms with E-state index in [2.05, 4.69) is 24.1 Å². The molecule has 1 rings (SSSR count). The van der Waals surface area contributed by atoms with Gasteiger partial charge in [-0.3, -0.25) is 5.73 Å². The average Bonchev–Trinajstić information content (AvgIpc) is 2.92. The van der Waals surface area contributed by atoms with E-state index >= 15 is 0 Å². The first-order valence-electron chi connectivity index (χ1n) is 9.27. The van der Waals surface area contributed by atoms with E-state index in [1.54, 1.807) is 6.20 Å². The highest BCUT2D eigenvalue weighted by Crippen LogP contribution is 2.23. The third kappa shape index (κ3) is 6.57. The Labute approximate surface area is 146 Å². The number of rotatable bonds is 13. The highest BCUT2D eigenvalue weighted by molar-refractivity contribution is 5.81. The maximum absolute atomic E-state index is 11.2. The summed E-state index contributed by atoms with van der Waals surface area (Å²) in [7, 11) is 0. The zero-order valence-corrected chi connectivity index (χ0v) is 15.3. The number of hydrogen-bond donors (Lipinski definition) is 2. The number of aliphatic carboxylic acids is 1. The number of carboxylic acids is 1. The number of amidine groups is 1. The molecule has 1 aliphatic heterocycles. The van der Waals surface area contributed by atoms with E-state index in [9.17, 15) is 9.90 Å². The Hall–Kier alpha value is -1.46. The molecule has 136 valence electrons. The van der Waals surface area contributed by atoms with Crippen molar-refractivity contribution in [2.24, 2.45) is 10.7 Å². The number of hydrogen-bond acceptors (Lipinski definition) is 3. The van der Waals surface area contributed by atoms with E-state index in [0.29, 0.717) is 0 Å². The zero-order valence-electron chi connectivity index (χ0n) is 15.3. The fraction of sp³-hybridized carbons (Fsp3) is 0.684. The Morgan fingerprint density at radius 2 is 1.92 bits per heavy atom. The second-order valence-corrected chi connectivity index (χ2v) is 6.63. The summed E-state index contributed by atoms with van der Waals surface area (Å²) in [6.45, 7) is 4.04. The quantitative estimate of drug-likeness (QED) is 0.301. The van der Waals surface area contributed by atoms with Crippen molar-refractivity contribution >= 4 is 11.8 Å². The molecule has 0 saturated carbocycles. The maximum Gasteiger partial charge on any atom is 0.360 e. The van der Waals surface area contributed by atoms with Crippen LogP contribution in [0.15, 0.2) is 29.5 Å². The fourth-order valence-corrected chi connectivity index (χ4v) is 3.06. The van der Waals surface area contributed by atoms with Gasteiger partial charge in [-0.15, -0.1) is 0 Å². The Kier molecular flexibility index (Phi) is 9.57. The highest BCUT2D eigenvalue weighted by atomic mass is 16.4. The highest BCUT2D eigenvalue weighted by Gasteiger charge is 2.40. The Morgan fingerprint density at radius 3 is 2.50 bits per heavy atom. The molecule has 0 fully saturated rings. The molecular weight excluding hydrogens is 302 g/mol. The Morgan fingerprint density at radius 1 is 1.25 bits per heavy atom. The summed E-state index contributed by atoms with van der Waals surface area (Å²) in [5.41, 5.74) is 6.06. The van der Waals surface area contributed by atoms with Gasteiger partial charge in [-0.05, 0) is 32.1 Å². The predicted octanol–water partition coefficient (Wildman–Crippen LogP) is 4.16. The van der Waals surface area contributed by atoms with Gasteiger partial charge in [0.25, 0.3) is 0 Å². The molecular formula is C19H34N3O2+. The summed E-state index contributed by atoms with van der Waals surface area (Å²) < 4.78 is 0.155. The van der Waals surface area contributed by atoms with Crippen molar-refractivity contribution in [3.63, 3.8) is 0 Å². The average molecular weight is 337 g/mol. The number of nitrogens with two attached hydrogens (primary N) is 1. The smallest absolute Gasteiger partial charge is 0.360 e. The van der Waals surface area contributed by atoms with E-state index in [1.165, 1.54) is 32.1 Å². The van der Waals surface area contributed by atoms with Crippen molar-refractivity contribution in [2.75, 3.05) is 6.54 Å². The van der Waals surface area contributed by atoms with E-state index in [0.717, 1.165) is 31.5 Å². The third-order valence-electron chi connectivity index (χ3n) is 4.57. The monoisotopic (exact) mass is 336 g/mol. The predicted molar refractivity (Wildman–Crippen MR) is 99.4 cm³/mol. The second-order valence-electron chi connectivity index (χ2n) is 6.63. The normalized spacial score (nSPS) is 21.4. The molecule has 2 atom stereocenters. The topological polar surface area (TPSA) is 75.7 Å². The summed E-state index contributed by atoms with van der Waals surface area (Å²) in [5, 5.41) is 9.18.